The number of carbonyl (C=O) groups excluding carboxylic acids is 2. The maximum absolute atomic E-state index is 13.3. The van der Waals surface area contributed by atoms with Gasteiger partial charge in [0, 0.05) is 39.0 Å². The lowest BCUT2D eigenvalue weighted by atomic mass is 9.99. The van der Waals surface area contributed by atoms with Crippen LogP contribution < -0.4 is 5.32 Å². The Morgan fingerprint density at radius 2 is 1.85 bits per heavy atom. The Bertz CT molecular complexity index is 1200. The summed E-state index contributed by atoms with van der Waals surface area (Å²) in [6, 6.07) is 17.3. The number of nitrogens with one attached hydrogen (secondary N) is 1. The molecule has 3 aromatic carbocycles. The summed E-state index contributed by atoms with van der Waals surface area (Å²) >= 11 is 0. The topological polar surface area (TPSA) is 67.9 Å². The second-order valence-corrected chi connectivity index (χ2v) is 8.79. The third kappa shape index (κ3) is 4.24. The predicted molar refractivity (Wildman–Crippen MR) is 127 cm³/mol. The van der Waals surface area contributed by atoms with E-state index < -0.39 is 0 Å². The van der Waals surface area contributed by atoms with Gasteiger partial charge in [-0.3, -0.25) is 9.59 Å². The monoisotopic (exact) mass is 444 g/mol. The van der Waals surface area contributed by atoms with Gasteiger partial charge in [0.05, 0.1) is 17.9 Å². The Morgan fingerprint density at radius 1 is 1.06 bits per heavy atom. The van der Waals surface area contributed by atoms with E-state index in [9.17, 15) is 9.59 Å². The lowest BCUT2D eigenvalue weighted by Crippen LogP contribution is -2.32. The quantitative estimate of drug-likeness (QED) is 0.602. The number of benzene rings is 3. The Labute approximate surface area is 193 Å². The van der Waals surface area contributed by atoms with E-state index in [1.807, 2.05) is 59.5 Å². The van der Waals surface area contributed by atoms with Crippen molar-refractivity contribution in [1.82, 2.24) is 4.90 Å². The highest BCUT2D eigenvalue weighted by Gasteiger charge is 2.32. The molecule has 0 radical (unpaired) electrons. The molecule has 2 heterocycles. The molecule has 0 aromatic heterocycles. The number of hydrogen-bond acceptors (Lipinski definition) is 4. The molecule has 2 aliphatic rings. The molecule has 0 unspecified atom stereocenters. The van der Waals surface area contributed by atoms with Crippen LogP contribution in [0.15, 0.2) is 54.6 Å². The molecule has 1 saturated heterocycles. The summed E-state index contributed by atoms with van der Waals surface area (Å²) in [6.45, 7) is 3.32. The number of amides is 2. The predicted octanol–water partition coefficient (Wildman–Crippen LogP) is 4.62. The van der Waals surface area contributed by atoms with E-state index in [0.717, 1.165) is 54.5 Å². The largest absolute Gasteiger partial charge is 0.381 e. The van der Waals surface area contributed by atoms with Crippen LogP contribution in [0.1, 0.15) is 44.7 Å². The number of ether oxygens (including phenoxy) is 2. The number of fused-ring (bicyclic) bond motifs is 2. The van der Waals surface area contributed by atoms with Crippen molar-refractivity contribution in [2.75, 3.05) is 32.2 Å². The Hall–Kier alpha value is -3.22. The number of anilines is 1. The van der Waals surface area contributed by atoms with Crippen molar-refractivity contribution in [1.29, 1.82) is 0 Å². The highest BCUT2D eigenvalue weighted by atomic mass is 16.5. The van der Waals surface area contributed by atoms with Gasteiger partial charge in [-0.15, -0.1) is 0 Å². The van der Waals surface area contributed by atoms with Gasteiger partial charge in [0.25, 0.3) is 11.8 Å². The van der Waals surface area contributed by atoms with Gasteiger partial charge in [0.15, 0.2) is 0 Å². The van der Waals surface area contributed by atoms with Crippen molar-refractivity contribution < 1.29 is 19.1 Å². The zero-order valence-corrected chi connectivity index (χ0v) is 18.8. The van der Waals surface area contributed by atoms with Crippen molar-refractivity contribution in [2.45, 2.75) is 26.0 Å². The van der Waals surface area contributed by atoms with E-state index in [2.05, 4.69) is 5.32 Å². The van der Waals surface area contributed by atoms with Gasteiger partial charge >= 0.3 is 0 Å². The molecule has 1 fully saturated rings. The first-order chi connectivity index (χ1) is 16.2. The lowest BCUT2D eigenvalue weighted by Gasteiger charge is -2.26. The fraction of sp³-hybridized carbons (Fsp3) is 0.333. The molecule has 5 rings (SSSR count). The average molecular weight is 445 g/mol. The molecule has 6 heteroatoms. The molecule has 0 bridgehead atoms. The van der Waals surface area contributed by atoms with Crippen LogP contribution in [0, 0.1) is 5.92 Å². The first-order valence-electron chi connectivity index (χ1n) is 11.5. The van der Waals surface area contributed by atoms with Crippen molar-refractivity contribution in [3.05, 3.63) is 76.9 Å². The molecule has 170 valence electrons. The summed E-state index contributed by atoms with van der Waals surface area (Å²) in [5, 5.41) is 4.87. The van der Waals surface area contributed by atoms with E-state index in [-0.39, 0.29) is 11.8 Å². The molecular formula is C27H28N2O4. The first-order valence-corrected chi connectivity index (χ1v) is 11.5. The van der Waals surface area contributed by atoms with Crippen molar-refractivity contribution in [3.63, 3.8) is 0 Å². The van der Waals surface area contributed by atoms with Crippen LogP contribution >= 0.6 is 0 Å². The number of methoxy groups -OCH3 is 1. The first kappa shape index (κ1) is 21.6. The molecule has 0 saturated carbocycles. The average Bonchev–Trinajstić information content (AvgIpc) is 3.16. The summed E-state index contributed by atoms with van der Waals surface area (Å²) in [7, 11) is 1.66. The molecular weight excluding hydrogens is 416 g/mol. The second-order valence-electron chi connectivity index (χ2n) is 8.79. The molecule has 33 heavy (non-hydrogen) atoms. The van der Waals surface area contributed by atoms with Crippen LogP contribution in [0.25, 0.3) is 10.8 Å². The number of hydrogen-bond donors (Lipinski definition) is 1. The van der Waals surface area contributed by atoms with Crippen LogP contribution in [-0.2, 0) is 22.6 Å². The van der Waals surface area contributed by atoms with Crippen LogP contribution in [0.5, 0.6) is 0 Å². The van der Waals surface area contributed by atoms with Crippen LogP contribution in [0.2, 0.25) is 0 Å². The van der Waals surface area contributed by atoms with Crippen LogP contribution in [0.4, 0.5) is 5.69 Å². The molecule has 3 aromatic rings. The lowest BCUT2D eigenvalue weighted by molar-refractivity contribution is 0.0469. The molecule has 0 atom stereocenters. The van der Waals surface area contributed by atoms with Gasteiger partial charge in [0.1, 0.15) is 0 Å². The van der Waals surface area contributed by atoms with Gasteiger partial charge in [0.2, 0.25) is 0 Å². The summed E-state index contributed by atoms with van der Waals surface area (Å²) in [5.41, 5.74) is 3.75. The Kier molecular flexibility index (Phi) is 6.11. The van der Waals surface area contributed by atoms with E-state index >= 15 is 0 Å². The smallest absolute Gasteiger partial charge is 0.256 e. The maximum atomic E-state index is 13.3. The normalized spacial score (nSPS) is 16.3. The van der Waals surface area contributed by atoms with Crippen LogP contribution in [0.3, 0.4) is 0 Å². The fourth-order valence-electron chi connectivity index (χ4n) is 4.94. The minimum Gasteiger partial charge on any atom is -0.381 e. The zero-order valence-electron chi connectivity index (χ0n) is 18.8. The van der Waals surface area contributed by atoms with Crippen LogP contribution in [-0.4, -0.2) is 43.6 Å². The van der Waals surface area contributed by atoms with E-state index in [4.69, 9.17) is 9.47 Å². The Morgan fingerprint density at radius 3 is 2.64 bits per heavy atom. The minimum absolute atomic E-state index is 0.00677. The SMILES string of the molecule is COCc1ccc(C(=O)Nc2cccc3c2C(=O)N(CC2CCOCC2)C3)c2ccccc12. The molecule has 2 amide bonds. The minimum atomic E-state index is -0.223. The molecule has 6 nitrogen and oxygen atoms in total. The fourth-order valence-corrected chi connectivity index (χ4v) is 4.94. The standard InChI is InChI=1S/C27H28N2O4/c1-32-17-20-9-10-23(22-7-3-2-6-21(20)22)26(30)28-24-8-4-5-19-16-29(27(31)25(19)24)15-18-11-13-33-14-12-18/h2-10,18H,11-17H2,1H3,(H,28,30). The summed E-state index contributed by atoms with van der Waals surface area (Å²) in [6.07, 6.45) is 1.96. The van der Waals surface area contributed by atoms with E-state index in [1.54, 1.807) is 7.11 Å². The highest BCUT2D eigenvalue weighted by Crippen LogP contribution is 2.32. The van der Waals surface area contributed by atoms with Gasteiger partial charge in [-0.25, -0.2) is 0 Å². The van der Waals surface area contributed by atoms with Gasteiger partial charge in [-0.2, -0.15) is 0 Å². The van der Waals surface area contributed by atoms with E-state index in [1.165, 1.54) is 0 Å². The summed E-state index contributed by atoms with van der Waals surface area (Å²) in [5.74, 6) is 0.235. The third-order valence-electron chi connectivity index (χ3n) is 6.64. The van der Waals surface area contributed by atoms with Crippen molar-refractivity contribution >= 4 is 28.3 Å². The molecule has 0 aliphatic carbocycles. The Balaban J connectivity index is 1.40. The van der Waals surface area contributed by atoms with Gasteiger partial charge < -0.3 is 19.7 Å². The zero-order chi connectivity index (χ0) is 22.8. The molecule has 0 spiro atoms. The van der Waals surface area contributed by atoms with Crippen molar-refractivity contribution in [3.8, 4) is 0 Å². The number of rotatable bonds is 6. The van der Waals surface area contributed by atoms with E-state index in [0.29, 0.717) is 35.9 Å². The molecule has 2 aliphatic heterocycles. The van der Waals surface area contributed by atoms with Gasteiger partial charge in [-0.1, -0.05) is 42.5 Å². The summed E-state index contributed by atoms with van der Waals surface area (Å²) < 4.78 is 10.8. The maximum Gasteiger partial charge on any atom is 0.256 e. The number of carbonyl (C=O) groups is 2. The molecule has 1 N–H and O–H groups in total. The second kappa shape index (κ2) is 9.33. The number of nitrogens with zero attached hydrogens (tertiary/aromatic N) is 1. The third-order valence-corrected chi connectivity index (χ3v) is 6.64. The van der Waals surface area contributed by atoms with Crippen molar-refractivity contribution in [2.24, 2.45) is 5.92 Å². The summed E-state index contributed by atoms with van der Waals surface area (Å²) in [4.78, 5) is 28.5. The van der Waals surface area contributed by atoms with Gasteiger partial charge in [-0.05, 0) is 52.8 Å². The highest BCUT2D eigenvalue weighted by molar-refractivity contribution is 6.15.